The van der Waals surface area contributed by atoms with Crippen molar-refractivity contribution in [2.24, 2.45) is 11.8 Å². The van der Waals surface area contributed by atoms with E-state index in [1.54, 1.807) is 0 Å². The molecule has 1 aliphatic rings. The van der Waals surface area contributed by atoms with Gasteiger partial charge in [0.05, 0.1) is 6.07 Å². The quantitative estimate of drug-likeness (QED) is 0.762. The molecule has 1 aliphatic carbocycles. The van der Waals surface area contributed by atoms with Crippen LogP contribution < -0.4 is 4.90 Å². The molecule has 2 heteroatoms. The molecule has 0 unspecified atom stereocenters. The average Bonchev–Trinajstić information content (AvgIpc) is 2.89. The Kier molecular flexibility index (Phi) is 4.41. The van der Waals surface area contributed by atoms with Gasteiger partial charge in [0.1, 0.15) is 6.04 Å². The first-order valence-electron chi connectivity index (χ1n) is 6.75. The molecule has 98 valence electrons. The summed E-state index contributed by atoms with van der Waals surface area (Å²) in [5.41, 5.74) is 1.09. The van der Waals surface area contributed by atoms with Gasteiger partial charge in [-0.25, -0.2) is 0 Å². The van der Waals surface area contributed by atoms with Gasteiger partial charge in [-0.1, -0.05) is 42.5 Å². The van der Waals surface area contributed by atoms with Crippen LogP contribution in [0.3, 0.4) is 0 Å². The molecule has 19 heavy (non-hydrogen) atoms. The Labute approximate surface area is 115 Å². The standard InChI is InChI=1S/C17H20N2/c1-3-8-14-9-7-12-16(14)17(13-18)19(2)15-10-5-4-6-11-15/h3-8,10-12,14,16-17H,9H2,1-2H3/b8-3+/t14-,16-,17+/m1/s1. The molecule has 0 spiro atoms. The smallest absolute Gasteiger partial charge is 0.123 e. The lowest BCUT2D eigenvalue weighted by atomic mass is 9.88. The van der Waals surface area contributed by atoms with Gasteiger partial charge in [-0.05, 0) is 31.4 Å². The molecule has 0 aliphatic heterocycles. The first kappa shape index (κ1) is 13.4. The summed E-state index contributed by atoms with van der Waals surface area (Å²) in [5.74, 6) is 0.715. The highest BCUT2D eigenvalue weighted by atomic mass is 15.1. The van der Waals surface area contributed by atoms with Crippen molar-refractivity contribution in [3.05, 3.63) is 54.6 Å². The number of hydrogen-bond donors (Lipinski definition) is 0. The number of rotatable bonds is 4. The van der Waals surface area contributed by atoms with E-state index in [2.05, 4.69) is 35.3 Å². The van der Waals surface area contributed by atoms with Crippen LogP contribution in [0.1, 0.15) is 13.3 Å². The fraction of sp³-hybridized carbons (Fsp3) is 0.353. The van der Waals surface area contributed by atoms with Crippen molar-refractivity contribution in [3.8, 4) is 6.07 Å². The minimum absolute atomic E-state index is 0.123. The SMILES string of the molecule is C/C=C/[C@@H]1CC=C[C@H]1[C@H](C#N)N(C)c1ccccc1. The van der Waals surface area contributed by atoms with Crippen LogP contribution in [0.15, 0.2) is 54.6 Å². The summed E-state index contributed by atoms with van der Waals surface area (Å²) < 4.78 is 0. The summed E-state index contributed by atoms with van der Waals surface area (Å²) >= 11 is 0. The number of hydrogen-bond acceptors (Lipinski definition) is 2. The molecule has 0 radical (unpaired) electrons. The van der Waals surface area contributed by atoms with Gasteiger partial charge in [-0.2, -0.15) is 5.26 Å². The van der Waals surface area contributed by atoms with Crippen molar-refractivity contribution in [1.29, 1.82) is 5.26 Å². The number of para-hydroxylation sites is 1. The van der Waals surface area contributed by atoms with E-state index in [9.17, 15) is 5.26 Å². The molecule has 0 amide bonds. The number of allylic oxidation sites excluding steroid dienone is 3. The lowest BCUT2D eigenvalue weighted by molar-refractivity contribution is 0.459. The van der Waals surface area contributed by atoms with Crippen LogP contribution in [0.2, 0.25) is 0 Å². The summed E-state index contributed by atoms with van der Waals surface area (Å²) in [7, 11) is 2.00. The Bertz CT molecular complexity index is 496. The zero-order valence-electron chi connectivity index (χ0n) is 11.5. The van der Waals surface area contributed by atoms with Crippen LogP contribution in [0.5, 0.6) is 0 Å². The molecular formula is C17H20N2. The van der Waals surface area contributed by atoms with Gasteiger partial charge < -0.3 is 4.90 Å². The highest BCUT2D eigenvalue weighted by Gasteiger charge is 2.31. The van der Waals surface area contributed by atoms with E-state index in [-0.39, 0.29) is 12.0 Å². The Hall–Kier alpha value is -2.01. The Morgan fingerprint density at radius 2 is 2.11 bits per heavy atom. The highest BCUT2D eigenvalue weighted by Crippen LogP contribution is 2.32. The van der Waals surface area contributed by atoms with Crippen molar-refractivity contribution >= 4 is 5.69 Å². The molecule has 0 saturated heterocycles. The summed E-state index contributed by atoms with van der Waals surface area (Å²) in [4.78, 5) is 2.08. The summed E-state index contributed by atoms with van der Waals surface area (Å²) in [6.45, 7) is 2.04. The molecular weight excluding hydrogens is 232 g/mol. The van der Waals surface area contributed by atoms with Crippen LogP contribution in [0, 0.1) is 23.2 Å². The van der Waals surface area contributed by atoms with E-state index < -0.39 is 0 Å². The van der Waals surface area contributed by atoms with Crippen molar-refractivity contribution in [2.45, 2.75) is 19.4 Å². The number of benzene rings is 1. The van der Waals surface area contributed by atoms with Gasteiger partial charge in [0.2, 0.25) is 0 Å². The van der Waals surface area contributed by atoms with Gasteiger partial charge in [0.15, 0.2) is 0 Å². The van der Waals surface area contributed by atoms with Crippen LogP contribution in [-0.2, 0) is 0 Å². The van der Waals surface area contributed by atoms with Gasteiger partial charge in [-0.3, -0.25) is 0 Å². The molecule has 3 atom stereocenters. The minimum Gasteiger partial charge on any atom is -0.358 e. The van der Waals surface area contributed by atoms with Crippen LogP contribution in [-0.4, -0.2) is 13.1 Å². The van der Waals surface area contributed by atoms with Crippen LogP contribution in [0.4, 0.5) is 5.69 Å². The predicted molar refractivity (Wildman–Crippen MR) is 79.8 cm³/mol. The summed E-state index contributed by atoms with van der Waals surface area (Å²) in [6, 6.07) is 12.5. The van der Waals surface area contributed by atoms with Crippen molar-refractivity contribution in [3.63, 3.8) is 0 Å². The normalized spacial score (nSPS) is 23.4. The van der Waals surface area contributed by atoms with Gasteiger partial charge in [0.25, 0.3) is 0 Å². The minimum atomic E-state index is -0.123. The van der Waals surface area contributed by atoms with Crippen molar-refractivity contribution in [1.82, 2.24) is 0 Å². The monoisotopic (exact) mass is 252 g/mol. The lowest BCUT2D eigenvalue weighted by Crippen LogP contribution is -2.38. The zero-order valence-corrected chi connectivity index (χ0v) is 11.5. The van der Waals surface area contributed by atoms with Gasteiger partial charge in [0, 0.05) is 18.7 Å². The van der Waals surface area contributed by atoms with Gasteiger partial charge >= 0.3 is 0 Å². The molecule has 0 aromatic heterocycles. The number of nitriles is 1. The largest absolute Gasteiger partial charge is 0.358 e. The second-order valence-corrected chi connectivity index (χ2v) is 4.95. The molecule has 0 N–H and O–H groups in total. The maximum Gasteiger partial charge on any atom is 0.123 e. The van der Waals surface area contributed by atoms with E-state index in [0.717, 1.165) is 12.1 Å². The third-order valence-electron chi connectivity index (χ3n) is 3.78. The fourth-order valence-electron chi connectivity index (χ4n) is 2.74. The second kappa shape index (κ2) is 6.24. The number of nitrogens with zero attached hydrogens (tertiary/aromatic N) is 2. The average molecular weight is 252 g/mol. The molecule has 0 fully saturated rings. The lowest BCUT2D eigenvalue weighted by Gasteiger charge is -2.31. The summed E-state index contributed by atoms with van der Waals surface area (Å²) in [5, 5.41) is 9.55. The molecule has 2 nitrogen and oxygen atoms in total. The van der Waals surface area contributed by atoms with Gasteiger partial charge in [-0.15, -0.1) is 0 Å². The van der Waals surface area contributed by atoms with Crippen LogP contribution in [0.25, 0.3) is 0 Å². The highest BCUT2D eigenvalue weighted by molar-refractivity contribution is 5.48. The molecule has 2 rings (SSSR count). The topological polar surface area (TPSA) is 27.0 Å². The Morgan fingerprint density at radius 3 is 2.74 bits per heavy atom. The third-order valence-corrected chi connectivity index (χ3v) is 3.78. The maximum absolute atomic E-state index is 9.55. The predicted octanol–water partition coefficient (Wildman–Crippen LogP) is 3.78. The van der Waals surface area contributed by atoms with Crippen molar-refractivity contribution < 1.29 is 0 Å². The molecule has 0 bridgehead atoms. The fourth-order valence-corrected chi connectivity index (χ4v) is 2.74. The second-order valence-electron chi connectivity index (χ2n) is 4.95. The maximum atomic E-state index is 9.55. The van der Waals surface area contributed by atoms with E-state index >= 15 is 0 Å². The third kappa shape index (κ3) is 2.88. The zero-order chi connectivity index (χ0) is 13.7. The van der Waals surface area contributed by atoms with E-state index in [0.29, 0.717) is 5.92 Å². The Morgan fingerprint density at radius 1 is 1.37 bits per heavy atom. The first-order chi connectivity index (χ1) is 9.27. The van der Waals surface area contributed by atoms with Crippen LogP contribution >= 0.6 is 0 Å². The van der Waals surface area contributed by atoms with E-state index in [1.807, 2.05) is 44.3 Å². The molecule has 1 aromatic rings. The van der Waals surface area contributed by atoms with E-state index in [1.165, 1.54) is 0 Å². The van der Waals surface area contributed by atoms with Crippen molar-refractivity contribution in [2.75, 3.05) is 11.9 Å². The molecule has 0 heterocycles. The molecule has 0 saturated carbocycles. The number of anilines is 1. The Balaban J connectivity index is 2.21. The van der Waals surface area contributed by atoms with E-state index in [4.69, 9.17) is 0 Å². The summed E-state index contributed by atoms with van der Waals surface area (Å²) in [6.07, 6.45) is 9.72. The molecule has 1 aromatic carbocycles. The first-order valence-corrected chi connectivity index (χ1v) is 6.75.